The Kier molecular flexibility index (Phi) is 5.56. The molecular weight excluding hydrogens is 240 g/mol. The van der Waals surface area contributed by atoms with Crippen molar-refractivity contribution < 1.29 is 4.79 Å². The third-order valence-electron chi connectivity index (χ3n) is 3.37. The summed E-state index contributed by atoms with van der Waals surface area (Å²) < 4.78 is 0. The predicted molar refractivity (Wildman–Crippen MR) is 73.5 cm³/mol. The molecule has 2 N–H and O–H groups in total. The van der Waals surface area contributed by atoms with E-state index in [1.807, 2.05) is 27.7 Å². The molecule has 0 fully saturated rings. The van der Waals surface area contributed by atoms with Crippen LogP contribution >= 0.6 is 0 Å². The van der Waals surface area contributed by atoms with Crippen molar-refractivity contribution in [3.05, 3.63) is 17.0 Å². The Balaban J connectivity index is 2.60. The number of nitrogens with one attached hydrogen (secondary N) is 2. The fraction of sp³-hybridized carbons (Fsp3) is 0.643. The topological polar surface area (TPSA) is 81.6 Å². The van der Waals surface area contributed by atoms with Crippen LogP contribution < -0.4 is 5.32 Å². The minimum atomic E-state index is -0.0451. The van der Waals surface area contributed by atoms with Crippen molar-refractivity contribution >= 4 is 5.91 Å². The maximum Gasteiger partial charge on any atom is 0.220 e. The fourth-order valence-corrected chi connectivity index (χ4v) is 2.36. The zero-order valence-electron chi connectivity index (χ0n) is 12.1. The lowest BCUT2D eigenvalue weighted by Gasteiger charge is -2.16. The van der Waals surface area contributed by atoms with Gasteiger partial charge in [-0.3, -0.25) is 9.89 Å². The van der Waals surface area contributed by atoms with E-state index >= 15 is 0 Å². The molecule has 0 bridgehead atoms. The molecule has 0 saturated carbocycles. The minimum absolute atomic E-state index is 0.00500. The van der Waals surface area contributed by atoms with Gasteiger partial charge in [0.1, 0.15) is 0 Å². The number of H-pyrrole nitrogens is 1. The highest BCUT2D eigenvalue weighted by Crippen LogP contribution is 2.24. The van der Waals surface area contributed by atoms with E-state index in [-0.39, 0.29) is 17.9 Å². The van der Waals surface area contributed by atoms with Crippen LogP contribution in [0, 0.1) is 25.2 Å². The van der Waals surface area contributed by atoms with E-state index in [9.17, 15) is 4.79 Å². The molecule has 0 unspecified atom stereocenters. The fourth-order valence-electron chi connectivity index (χ4n) is 2.36. The van der Waals surface area contributed by atoms with Gasteiger partial charge in [-0.05, 0) is 31.7 Å². The number of hydrogen-bond donors (Lipinski definition) is 2. The van der Waals surface area contributed by atoms with Gasteiger partial charge in [0.2, 0.25) is 5.91 Å². The van der Waals surface area contributed by atoms with Crippen molar-refractivity contribution in [2.75, 3.05) is 0 Å². The predicted octanol–water partition coefficient (Wildman–Crippen LogP) is 2.33. The van der Waals surface area contributed by atoms with Crippen LogP contribution in [0.25, 0.3) is 0 Å². The average molecular weight is 262 g/mol. The van der Waals surface area contributed by atoms with Gasteiger partial charge in [-0.2, -0.15) is 10.4 Å². The second-order valence-corrected chi connectivity index (χ2v) is 4.99. The zero-order chi connectivity index (χ0) is 14.4. The summed E-state index contributed by atoms with van der Waals surface area (Å²) in [5.41, 5.74) is 3.08. The van der Waals surface area contributed by atoms with E-state index < -0.39 is 0 Å². The summed E-state index contributed by atoms with van der Waals surface area (Å²) in [4.78, 5) is 12.0. The summed E-state index contributed by atoms with van der Waals surface area (Å²) in [6.45, 7) is 7.90. The van der Waals surface area contributed by atoms with E-state index in [2.05, 4.69) is 21.6 Å². The van der Waals surface area contributed by atoms with Crippen molar-refractivity contribution in [3.8, 4) is 6.07 Å². The highest BCUT2D eigenvalue weighted by Gasteiger charge is 2.19. The van der Waals surface area contributed by atoms with Crippen LogP contribution in [0.1, 0.15) is 56.0 Å². The first-order chi connectivity index (χ1) is 8.99. The summed E-state index contributed by atoms with van der Waals surface area (Å²) in [6, 6.07) is 2.05. The molecule has 0 radical (unpaired) electrons. The standard InChI is InChI=1S/C14H22N4O/c1-5-12(6-7-15)16-13(19)8-9(2)14-10(3)17-18-11(14)4/h9,12H,5-6,8H2,1-4H3,(H,16,19)(H,17,18)/t9-,12+/m1/s1. The first-order valence-corrected chi connectivity index (χ1v) is 6.67. The number of carbonyl (C=O) groups is 1. The average Bonchev–Trinajstić information content (AvgIpc) is 2.68. The number of aryl methyl sites for hydroxylation is 2. The minimum Gasteiger partial charge on any atom is -0.352 e. The SMILES string of the molecule is CC[C@@H](CC#N)NC(=O)C[C@@H](C)c1c(C)n[nH]c1C. The molecule has 1 heterocycles. The summed E-state index contributed by atoms with van der Waals surface area (Å²) in [5, 5.41) is 18.7. The molecule has 2 atom stereocenters. The second-order valence-electron chi connectivity index (χ2n) is 4.99. The monoisotopic (exact) mass is 262 g/mol. The number of hydrogen-bond acceptors (Lipinski definition) is 3. The van der Waals surface area contributed by atoms with Crippen molar-refractivity contribution in [1.82, 2.24) is 15.5 Å². The van der Waals surface area contributed by atoms with Crippen LogP contribution in [0.2, 0.25) is 0 Å². The van der Waals surface area contributed by atoms with Gasteiger partial charge in [0.05, 0.1) is 18.2 Å². The Morgan fingerprint density at radius 2 is 2.21 bits per heavy atom. The van der Waals surface area contributed by atoms with Crippen molar-refractivity contribution in [1.29, 1.82) is 5.26 Å². The van der Waals surface area contributed by atoms with Crippen LogP contribution in [0.3, 0.4) is 0 Å². The number of aromatic nitrogens is 2. The van der Waals surface area contributed by atoms with Crippen molar-refractivity contribution in [2.24, 2.45) is 0 Å². The number of aromatic amines is 1. The lowest BCUT2D eigenvalue weighted by molar-refractivity contribution is -0.122. The van der Waals surface area contributed by atoms with Gasteiger partial charge in [0, 0.05) is 18.2 Å². The molecule has 5 nitrogen and oxygen atoms in total. The highest BCUT2D eigenvalue weighted by molar-refractivity contribution is 5.77. The van der Waals surface area contributed by atoms with Crippen molar-refractivity contribution in [3.63, 3.8) is 0 Å². The Morgan fingerprint density at radius 3 is 2.68 bits per heavy atom. The van der Waals surface area contributed by atoms with E-state index in [4.69, 9.17) is 5.26 Å². The number of amides is 1. The summed E-state index contributed by atoms with van der Waals surface area (Å²) in [6.07, 6.45) is 1.56. The summed E-state index contributed by atoms with van der Waals surface area (Å²) in [5.74, 6) is 0.118. The zero-order valence-corrected chi connectivity index (χ0v) is 12.1. The smallest absolute Gasteiger partial charge is 0.220 e. The molecule has 1 aromatic rings. The van der Waals surface area contributed by atoms with Crippen LogP contribution in [0.5, 0.6) is 0 Å². The molecule has 0 spiro atoms. The first-order valence-electron chi connectivity index (χ1n) is 6.67. The summed E-state index contributed by atoms with van der Waals surface area (Å²) in [7, 11) is 0. The molecule has 1 amide bonds. The van der Waals surface area contributed by atoms with Gasteiger partial charge in [-0.25, -0.2) is 0 Å². The molecule has 0 aromatic carbocycles. The van der Waals surface area contributed by atoms with Crippen molar-refractivity contribution in [2.45, 2.75) is 58.9 Å². The summed E-state index contributed by atoms with van der Waals surface area (Å²) >= 11 is 0. The van der Waals surface area contributed by atoms with E-state index in [1.165, 1.54) is 0 Å². The number of nitrogens with zero attached hydrogens (tertiary/aromatic N) is 2. The molecule has 1 rings (SSSR count). The molecule has 104 valence electrons. The molecule has 0 aliphatic rings. The van der Waals surface area contributed by atoms with Crippen LogP contribution in [-0.2, 0) is 4.79 Å². The molecular formula is C14H22N4O. The molecule has 0 aliphatic heterocycles. The van der Waals surface area contributed by atoms with Gasteiger partial charge in [-0.1, -0.05) is 13.8 Å². The van der Waals surface area contributed by atoms with Crippen LogP contribution in [0.15, 0.2) is 0 Å². The number of rotatable bonds is 6. The largest absolute Gasteiger partial charge is 0.352 e. The molecule has 5 heteroatoms. The maximum absolute atomic E-state index is 12.0. The van der Waals surface area contributed by atoms with Gasteiger partial charge >= 0.3 is 0 Å². The molecule has 19 heavy (non-hydrogen) atoms. The van der Waals surface area contributed by atoms with E-state index in [1.54, 1.807) is 0 Å². The lowest BCUT2D eigenvalue weighted by atomic mass is 9.95. The number of carbonyl (C=O) groups excluding carboxylic acids is 1. The lowest BCUT2D eigenvalue weighted by Crippen LogP contribution is -2.34. The molecule has 1 aromatic heterocycles. The molecule has 0 saturated heterocycles. The van der Waals surface area contributed by atoms with E-state index in [0.717, 1.165) is 23.4 Å². The Morgan fingerprint density at radius 1 is 1.53 bits per heavy atom. The maximum atomic E-state index is 12.0. The molecule has 0 aliphatic carbocycles. The van der Waals surface area contributed by atoms with Gasteiger partial charge in [0.25, 0.3) is 0 Å². The van der Waals surface area contributed by atoms with E-state index in [0.29, 0.717) is 12.8 Å². The van der Waals surface area contributed by atoms with Crippen LogP contribution in [-0.4, -0.2) is 22.1 Å². The normalized spacial score (nSPS) is 13.6. The quantitative estimate of drug-likeness (QED) is 0.825. The Labute approximate surface area is 114 Å². The third kappa shape index (κ3) is 4.09. The van der Waals surface area contributed by atoms with Gasteiger partial charge in [0.15, 0.2) is 0 Å². The Hall–Kier alpha value is -1.83. The van der Waals surface area contributed by atoms with Crippen LogP contribution in [0.4, 0.5) is 0 Å². The first kappa shape index (κ1) is 15.2. The van der Waals surface area contributed by atoms with Gasteiger partial charge < -0.3 is 5.32 Å². The Bertz CT molecular complexity index is 453. The third-order valence-corrected chi connectivity index (χ3v) is 3.37. The van der Waals surface area contributed by atoms with Gasteiger partial charge in [-0.15, -0.1) is 0 Å². The number of nitriles is 1. The second kappa shape index (κ2) is 6.93. The highest BCUT2D eigenvalue weighted by atomic mass is 16.1.